The lowest BCUT2D eigenvalue weighted by atomic mass is 10.1. The topological polar surface area (TPSA) is 78.1 Å². The number of aromatic nitrogens is 2. The zero-order chi connectivity index (χ0) is 14.7. The van der Waals surface area contributed by atoms with Gasteiger partial charge in [-0.25, -0.2) is 4.98 Å². The molecule has 0 saturated carbocycles. The molecule has 0 radical (unpaired) electrons. The number of amides is 1. The summed E-state index contributed by atoms with van der Waals surface area (Å²) in [4.78, 5) is 32.4. The van der Waals surface area contributed by atoms with E-state index < -0.39 is 0 Å². The Morgan fingerprint density at radius 1 is 1.60 bits per heavy atom. The van der Waals surface area contributed by atoms with Gasteiger partial charge in [0.1, 0.15) is 0 Å². The second-order valence-electron chi connectivity index (χ2n) is 5.50. The van der Waals surface area contributed by atoms with Crippen molar-refractivity contribution in [2.24, 2.45) is 0 Å². The maximum atomic E-state index is 11.7. The normalized spacial score (nSPS) is 18.6. The van der Waals surface area contributed by atoms with Crippen molar-refractivity contribution < 1.29 is 4.79 Å². The Morgan fingerprint density at radius 2 is 2.35 bits per heavy atom. The molecule has 1 aliphatic heterocycles. The summed E-state index contributed by atoms with van der Waals surface area (Å²) in [5.74, 6) is 0.887. The van der Waals surface area contributed by atoms with Crippen molar-refractivity contribution in [2.75, 3.05) is 18.0 Å². The Balaban J connectivity index is 2.10. The molecule has 1 atom stereocenters. The molecule has 1 amide bonds. The van der Waals surface area contributed by atoms with Crippen molar-refractivity contribution >= 4 is 11.9 Å². The van der Waals surface area contributed by atoms with Crippen LogP contribution in [0.1, 0.15) is 45.2 Å². The molecular formula is C14H22N4O2. The number of nitrogens with zero attached hydrogens (tertiary/aromatic N) is 2. The highest BCUT2D eigenvalue weighted by Crippen LogP contribution is 2.17. The fraction of sp³-hybridized carbons (Fsp3) is 0.643. The molecule has 1 aromatic rings. The van der Waals surface area contributed by atoms with E-state index in [9.17, 15) is 9.59 Å². The fourth-order valence-electron chi connectivity index (χ4n) is 2.31. The lowest BCUT2D eigenvalue weighted by molar-refractivity contribution is -0.121. The molecule has 1 fully saturated rings. The zero-order valence-electron chi connectivity index (χ0n) is 12.3. The van der Waals surface area contributed by atoms with E-state index in [1.54, 1.807) is 6.07 Å². The molecule has 0 bridgehead atoms. The van der Waals surface area contributed by atoms with Crippen LogP contribution in [0.15, 0.2) is 10.9 Å². The highest BCUT2D eigenvalue weighted by Gasteiger charge is 2.25. The Labute approximate surface area is 118 Å². The van der Waals surface area contributed by atoms with Gasteiger partial charge < -0.3 is 10.2 Å². The second-order valence-corrected chi connectivity index (χ2v) is 5.50. The minimum Gasteiger partial charge on any atom is -0.352 e. The van der Waals surface area contributed by atoms with Crippen LogP contribution in [-0.2, 0) is 4.79 Å². The quantitative estimate of drug-likeness (QED) is 0.861. The number of anilines is 1. The average molecular weight is 278 g/mol. The van der Waals surface area contributed by atoms with Crippen molar-refractivity contribution in [1.82, 2.24) is 15.3 Å². The van der Waals surface area contributed by atoms with Gasteiger partial charge in [-0.15, -0.1) is 0 Å². The van der Waals surface area contributed by atoms with Gasteiger partial charge in [0, 0.05) is 31.6 Å². The van der Waals surface area contributed by atoms with Crippen molar-refractivity contribution in [1.29, 1.82) is 0 Å². The summed E-state index contributed by atoms with van der Waals surface area (Å²) >= 11 is 0. The summed E-state index contributed by atoms with van der Waals surface area (Å²) in [6.07, 6.45) is 1.37. The van der Waals surface area contributed by atoms with Crippen molar-refractivity contribution in [2.45, 2.75) is 45.6 Å². The van der Waals surface area contributed by atoms with Crippen LogP contribution >= 0.6 is 0 Å². The van der Waals surface area contributed by atoms with E-state index >= 15 is 0 Å². The lowest BCUT2D eigenvalue weighted by Gasteiger charge is -2.18. The van der Waals surface area contributed by atoms with Gasteiger partial charge in [-0.1, -0.05) is 20.8 Å². The number of carbonyl (C=O) groups is 1. The number of hydrogen-bond acceptors (Lipinski definition) is 4. The second kappa shape index (κ2) is 6.07. The minimum absolute atomic E-state index is 0.0641. The highest BCUT2D eigenvalue weighted by atomic mass is 16.1. The third kappa shape index (κ3) is 3.37. The fourth-order valence-corrected chi connectivity index (χ4v) is 2.31. The molecule has 2 rings (SSSR count). The maximum Gasteiger partial charge on any atom is 0.252 e. The Bertz CT molecular complexity index is 538. The Morgan fingerprint density at radius 3 is 3.00 bits per heavy atom. The molecular weight excluding hydrogens is 256 g/mol. The lowest BCUT2D eigenvalue weighted by Crippen LogP contribution is -2.37. The van der Waals surface area contributed by atoms with E-state index in [0.29, 0.717) is 18.9 Å². The number of nitrogens with one attached hydrogen (secondary N) is 2. The van der Waals surface area contributed by atoms with E-state index in [0.717, 1.165) is 18.7 Å². The van der Waals surface area contributed by atoms with Crippen LogP contribution in [0.25, 0.3) is 0 Å². The minimum atomic E-state index is -0.125. The predicted molar refractivity (Wildman–Crippen MR) is 78.0 cm³/mol. The number of rotatable bonds is 4. The molecule has 1 saturated heterocycles. The van der Waals surface area contributed by atoms with Crippen LogP contribution in [0, 0.1) is 0 Å². The van der Waals surface area contributed by atoms with E-state index in [4.69, 9.17) is 0 Å². The molecule has 2 N–H and O–H groups in total. The average Bonchev–Trinajstić information content (AvgIpc) is 2.86. The first-order valence-corrected chi connectivity index (χ1v) is 7.15. The van der Waals surface area contributed by atoms with E-state index in [-0.39, 0.29) is 23.4 Å². The van der Waals surface area contributed by atoms with Crippen molar-refractivity contribution in [3.63, 3.8) is 0 Å². The first-order chi connectivity index (χ1) is 9.49. The Kier molecular flexibility index (Phi) is 4.42. The monoisotopic (exact) mass is 278 g/mol. The first-order valence-electron chi connectivity index (χ1n) is 7.15. The van der Waals surface area contributed by atoms with Gasteiger partial charge in [0.05, 0.1) is 5.69 Å². The summed E-state index contributed by atoms with van der Waals surface area (Å²) in [7, 11) is 0. The molecule has 1 aliphatic rings. The van der Waals surface area contributed by atoms with Gasteiger partial charge in [-0.05, 0) is 12.3 Å². The largest absolute Gasteiger partial charge is 0.352 e. The molecule has 2 heterocycles. The number of H-pyrrole nitrogens is 1. The molecule has 6 nitrogen and oxygen atoms in total. The standard InChI is InChI=1S/C14H22N4O2/c1-4-12(19)15-10-5-6-18(8-10)14-16-11(9(2)3)7-13(20)17-14/h7,9-10H,4-6,8H2,1-3H3,(H,15,19)(H,16,17,20). The third-order valence-corrected chi connectivity index (χ3v) is 3.51. The van der Waals surface area contributed by atoms with Crippen LogP contribution in [0.5, 0.6) is 0 Å². The summed E-state index contributed by atoms with van der Waals surface area (Å²) in [5, 5.41) is 2.98. The first kappa shape index (κ1) is 14.6. The van der Waals surface area contributed by atoms with Gasteiger partial charge in [-0.2, -0.15) is 0 Å². The van der Waals surface area contributed by atoms with Crippen molar-refractivity contribution in [3.05, 3.63) is 22.1 Å². The molecule has 6 heteroatoms. The van der Waals surface area contributed by atoms with Crippen LogP contribution in [0.2, 0.25) is 0 Å². The summed E-state index contributed by atoms with van der Waals surface area (Å²) in [6, 6.07) is 1.68. The van der Waals surface area contributed by atoms with Crippen LogP contribution in [0.4, 0.5) is 5.95 Å². The number of carbonyl (C=O) groups excluding carboxylic acids is 1. The zero-order valence-corrected chi connectivity index (χ0v) is 12.3. The van der Waals surface area contributed by atoms with Gasteiger partial charge in [-0.3, -0.25) is 14.6 Å². The van der Waals surface area contributed by atoms with E-state index in [1.807, 2.05) is 25.7 Å². The smallest absolute Gasteiger partial charge is 0.252 e. The van der Waals surface area contributed by atoms with Gasteiger partial charge in [0.2, 0.25) is 11.9 Å². The molecule has 0 spiro atoms. The van der Waals surface area contributed by atoms with E-state index in [1.165, 1.54) is 0 Å². The van der Waals surface area contributed by atoms with Crippen molar-refractivity contribution in [3.8, 4) is 0 Å². The van der Waals surface area contributed by atoms with Gasteiger partial charge >= 0.3 is 0 Å². The number of hydrogen-bond donors (Lipinski definition) is 2. The van der Waals surface area contributed by atoms with Crippen LogP contribution in [0.3, 0.4) is 0 Å². The molecule has 20 heavy (non-hydrogen) atoms. The molecule has 0 aromatic carbocycles. The Hall–Kier alpha value is -1.85. The predicted octanol–water partition coefficient (Wildman–Crippen LogP) is 0.998. The maximum absolute atomic E-state index is 11.7. The van der Waals surface area contributed by atoms with E-state index in [2.05, 4.69) is 15.3 Å². The summed E-state index contributed by atoms with van der Waals surface area (Å²) in [5.41, 5.74) is 0.671. The molecule has 0 aliphatic carbocycles. The molecule has 110 valence electrons. The molecule has 1 unspecified atom stereocenters. The number of aromatic amines is 1. The summed E-state index contributed by atoms with van der Waals surface area (Å²) < 4.78 is 0. The SMILES string of the molecule is CCC(=O)NC1CCN(c2nc(C(C)C)cc(=O)[nH]2)C1. The van der Waals surface area contributed by atoms with Gasteiger partial charge in [0.15, 0.2) is 0 Å². The molecule has 1 aromatic heterocycles. The summed E-state index contributed by atoms with van der Waals surface area (Å²) in [6.45, 7) is 7.35. The third-order valence-electron chi connectivity index (χ3n) is 3.51. The van der Waals surface area contributed by atoms with Gasteiger partial charge in [0.25, 0.3) is 5.56 Å². The van der Waals surface area contributed by atoms with Crippen LogP contribution in [-0.4, -0.2) is 35.0 Å². The highest BCUT2D eigenvalue weighted by molar-refractivity contribution is 5.76. The van der Waals surface area contributed by atoms with Crippen LogP contribution < -0.4 is 15.8 Å².